The minimum atomic E-state index is -3.89. The summed E-state index contributed by atoms with van der Waals surface area (Å²) < 4.78 is 30.6. The molecule has 0 saturated carbocycles. The lowest BCUT2D eigenvalue weighted by atomic mass is 10.2. The van der Waals surface area contributed by atoms with Gasteiger partial charge in [0.25, 0.3) is 5.69 Å². The van der Waals surface area contributed by atoms with E-state index in [9.17, 15) is 23.3 Å². The third-order valence-corrected chi connectivity index (χ3v) is 4.99. The average Bonchev–Trinajstić information content (AvgIpc) is 2.61. The predicted molar refractivity (Wildman–Crippen MR) is 102 cm³/mol. The van der Waals surface area contributed by atoms with Gasteiger partial charge in [-0.1, -0.05) is 18.2 Å². The molecule has 0 aliphatic rings. The Hall–Kier alpha value is -3.14. The molecule has 2 rings (SSSR count). The molecule has 144 valence electrons. The van der Waals surface area contributed by atoms with E-state index in [0.717, 1.165) is 16.6 Å². The van der Waals surface area contributed by atoms with Gasteiger partial charge in [-0.3, -0.25) is 19.2 Å². The SMILES string of the molecule is COc1ccccc1NC(=O)C(C)N(c1cccc([N+](=O)[O-])c1)S(C)(=O)=O. The first kappa shape index (κ1) is 20.2. The molecule has 2 aromatic carbocycles. The van der Waals surface area contributed by atoms with Crippen molar-refractivity contribution in [2.75, 3.05) is 23.0 Å². The first-order valence-corrected chi connectivity index (χ1v) is 9.67. The highest BCUT2D eigenvalue weighted by molar-refractivity contribution is 7.92. The van der Waals surface area contributed by atoms with Crippen LogP contribution < -0.4 is 14.4 Å². The number of benzene rings is 2. The molecule has 0 radical (unpaired) electrons. The lowest BCUT2D eigenvalue weighted by Gasteiger charge is -2.28. The van der Waals surface area contributed by atoms with Gasteiger partial charge in [0.15, 0.2) is 0 Å². The maximum atomic E-state index is 12.7. The Morgan fingerprint density at radius 1 is 1.22 bits per heavy atom. The Morgan fingerprint density at radius 3 is 2.48 bits per heavy atom. The Kier molecular flexibility index (Phi) is 6.01. The molecule has 0 spiro atoms. The summed E-state index contributed by atoms with van der Waals surface area (Å²) in [7, 11) is -2.45. The minimum Gasteiger partial charge on any atom is -0.495 e. The molecule has 0 fully saturated rings. The van der Waals surface area contributed by atoms with Crippen LogP contribution >= 0.6 is 0 Å². The van der Waals surface area contributed by atoms with Crippen LogP contribution in [0.25, 0.3) is 0 Å². The maximum Gasteiger partial charge on any atom is 0.271 e. The van der Waals surface area contributed by atoms with Gasteiger partial charge in [0.1, 0.15) is 11.8 Å². The molecular formula is C17H19N3O6S. The second-order valence-electron chi connectivity index (χ2n) is 5.70. The van der Waals surface area contributed by atoms with Gasteiger partial charge in [-0.15, -0.1) is 0 Å². The van der Waals surface area contributed by atoms with Gasteiger partial charge in [0, 0.05) is 12.1 Å². The molecular weight excluding hydrogens is 374 g/mol. The Bertz CT molecular complexity index is 961. The highest BCUT2D eigenvalue weighted by Gasteiger charge is 2.30. The number of nitrogens with zero attached hydrogens (tertiary/aromatic N) is 2. The second kappa shape index (κ2) is 8.04. The molecule has 0 heterocycles. The number of nitrogens with one attached hydrogen (secondary N) is 1. The van der Waals surface area contributed by atoms with Crippen LogP contribution in [0.1, 0.15) is 6.92 Å². The summed E-state index contributed by atoms with van der Waals surface area (Å²) in [5.41, 5.74) is 0.122. The number of sulfonamides is 1. The minimum absolute atomic E-state index is 0.0226. The van der Waals surface area contributed by atoms with Crippen LogP contribution in [0, 0.1) is 10.1 Å². The zero-order valence-electron chi connectivity index (χ0n) is 14.9. The number of carbonyl (C=O) groups is 1. The maximum absolute atomic E-state index is 12.7. The van der Waals surface area contributed by atoms with Crippen molar-refractivity contribution in [1.29, 1.82) is 0 Å². The lowest BCUT2D eigenvalue weighted by molar-refractivity contribution is -0.384. The standard InChI is InChI=1S/C17H19N3O6S/c1-12(17(21)18-15-9-4-5-10-16(15)26-2)19(27(3,24)25)13-7-6-8-14(11-13)20(22)23/h4-12H,1-3H3,(H,18,21). The number of nitro groups is 1. The van der Waals surface area contributed by atoms with E-state index in [1.54, 1.807) is 24.3 Å². The van der Waals surface area contributed by atoms with E-state index in [1.807, 2.05) is 0 Å². The van der Waals surface area contributed by atoms with Crippen LogP contribution in [0.5, 0.6) is 5.75 Å². The van der Waals surface area contributed by atoms with Crippen LogP contribution in [0.4, 0.5) is 17.1 Å². The average molecular weight is 393 g/mol. The number of hydrogen-bond donors (Lipinski definition) is 1. The van der Waals surface area contributed by atoms with E-state index in [4.69, 9.17) is 4.74 Å². The first-order chi connectivity index (χ1) is 12.6. The van der Waals surface area contributed by atoms with E-state index < -0.39 is 26.9 Å². The molecule has 1 amide bonds. The summed E-state index contributed by atoms with van der Waals surface area (Å²) in [4.78, 5) is 23.0. The van der Waals surface area contributed by atoms with Crippen molar-refractivity contribution in [3.05, 3.63) is 58.6 Å². The van der Waals surface area contributed by atoms with Crippen molar-refractivity contribution < 1.29 is 22.9 Å². The molecule has 0 aliphatic carbocycles. The second-order valence-corrected chi connectivity index (χ2v) is 7.56. The highest BCUT2D eigenvalue weighted by Crippen LogP contribution is 2.27. The van der Waals surface area contributed by atoms with Crippen molar-refractivity contribution in [3.8, 4) is 5.75 Å². The molecule has 0 aliphatic heterocycles. The van der Waals surface area contributed by atoms with Crippen LogP contribution in [0.2, 0.25) is 0 Å². The summed E-state index contributed by atoms with van der Waals surface area (Å²) in [6, 6.07) is 10.6. The number of hydrogen-bond acceptors (Lipinski definition) is 6. The molecule has 1 atom stereocenters. The van der Waals surface area contributed by atoms with Gasteiger partial charge in [-0.05, 0) is 25.1 Å². The number of ether oxygens (including phenoxy) is 1. The third-order valence-electron chi connectivity index (χ3n) is 3.75. The van der Waals surface area contributed by atoms with Gasteiger partial charge in [0.05, 0.1) is 29.7 Å². The zero-order chi connectivity index (χ0) is 20.2. The Balaban J connectivity index is 2.38. The molecule has 10 heteroatoms. The van der Waals surface area contributed by atoms with E-state index in [0.29, 0.717) is 11.4 Å². The van der Waals surface area contributed by atoms with E-state index in [-0.39, 0.29) is 11.4 Å². The number of carbonyl (C=O) groups excluding carboxylic acids is 1. The Morgan fingerprint density at radius 2 is 1.89 bits per heavy atom. The molecule has 27 heavy (non-hydrogen) atoms. The van der Waals surface area contributed by atoms with Crippen molar-refractivity contribution in [2.24, 2.45) is 0 Å². The molecule has 0 aromatic heterocycles. The van der Waals surface area contributed by atoms with Crippen molar-refractivity contribution in [2.45, 2.75) is 13.0 Å². The van der Waals surface area contributed by atoms with Gasteiger partial charge < -0.3 is 10.1 Å². The lowest BCUT2D eigenvalue weighted by Crippen LogP contribution is -2.45. The summed E-state index contributed by atoms with van der Waals surface area (Å²) in [6.07, 6.45) is 0.929. The smallest absolute Gasteiger partial charge is 0.271 e. The number of non-ortho nitro benzene ring substituents is 1. The summed E-state index contributed by atoms with van der Waals surface area (Å²) in [5.74, 6) is -0.198. The number of para-hydroxylation sites is 2. The topological polar surface area (TPSA) is 119 Å². The zero-order valence-corrected chi connectivity index (χ0v) is 15.8. The van der Waals surface area contributed by atoms with Crippen LogP contribution in [0.15, 0.2) is 48.5 Å². The third kappa shape index (κ3) is 4.73. The van der Waals surface area contributed by atoms with Gasteiger partial charge in [-0.25, -0.2) is 8.42 Å². The van der Waals surface area contributed by atoms with Gasteiger partial charge >= 0.3 is 0 Å². The number of anilines is 2. The van der Waals surface area contributed by atoms with Crippen LogP contribution in [-0.2, 0) is 14.8 Å². The van der Waals surface area contributed by atoms with E-state index in [2.05, 4.69) is 5.32 Å². The number of nitro benzene ring substituents is 1. The largest absolute Gasteiger partial charge is 0.495 e. The first-order valence-electron chi connectivity index (χ1n) is 7.83. The van der Waals surface area contributed by atoms with Crippen LogP contribution in [-0.4, -0.2) is 38.7 Å². The highest BCUT2D eigenvalue weighted by atomic mass is 32.2. The fourth-order valence-electron chi connectivity index (χ4n) is 2.54. The van der Waals surface area contributed by atoms with Crippen molar-refractivity contribution in [3.63, 3.8) is 0 Å². The summed E-state index contributed by atoms with van der Waals surface area (Å²) in [5, 5.41) is 13.6. The van der Waals surface area contributed by atoms with Gasteiger partial charge in [-0.2, -0.15) is 0 Å². The van der Waals surface area contributed by atoms with E-state index in [1.165, 1.54) is 32.2 Å². The van der Waals surface area contributed by atoms with Crippen molar-refractivity contribution in [1.82, 2.24) is 0 Å². The molecule has 0 bridgehead atoms. The normalized spacial score (nSPS) is 12.1. The molecule has 0 saturated heterocycles. The monoisotopic (exact) mass is 393 g/mol. The van der Waals surface area contributed by atoms with Gasteiger partial charge in [0.2, 0.25) is 15.9 Å². The van der Waals surface area contributed by atoms with Crippen LogP contribution in [0.3, 0.4) is 0 Å². The van der Waals surface area contributed by atoms with E-state index >= 15 is 0 Å². The number of methoxy groups -OCH3 is 1. The molecule has 9 nitrogen and oxygen atoms in total. The molecule has 2 aromatic rings. The predicted octanol–water partition coefficient (Wildman–Crippen LogP) is 2.40. The Labute approximate surface area is 156 Å². The molecule has 1 unspecified atom stereocenters. The quantitative estimate of drug-likeness (QED) is 0.570. The number of amides is 1. The fourth-order valence-corrected chi connectivity index (χ4v) is 3.70. The summed E-state index contributed by atoms with van der Waals surface area (Å²) in [6.45, 7) is 1.39. The van der Waals surface area contributed by atoms with Crippen molar-refractivity contribution >= 4 is 33.0 Å². The molecule has 1 N–H and O–H groups in total. The fraction of sp³-hybridized carbons (Fsp3) is 0.235. The summed E-state index contributed by atoms with van der Waals surface area (Å²) >= 11 is 0. The number of rotatable bonds is 7.